The Morgan fingerprint density at radius 3 is 2.33 bits per heavy atom. The minimum atomic E-state index is -0.0359. The Kier molecular flexibility index (Phi) is 8.06. The summed E-state index contributed by atoms with van der Waals surface area (Å²) < 4.78 is 5.73. The van der Waals surface area contributed by atoms with E-state index in [1.54, 1.807) is 5.57 Å². The van der Waals surface area contributed by atoms with Gasteiger partial charge in [-0.2, -0.15) is 0 Å². The van der Waals surface area contributed by atoms with Crippen LogP contribution >= 0.6 is 0 Å². The van der Waals surface area contributed by atoms with E-state index in [9.17, 15) is 4.79 Å². The van der Waals surface area contributed by atoms with Gasteiger partial charge < -0.3 is 10.5 Å². The second kappa shape index (κ2) is 11.3. The van der Waals surface area contributed by atoms with Crippen molar-refractivity contribution in [2.45, 2.75) is 138 Å². The van der Waals surface area contributed by atoms with Crippen LogP contribution in [-0.4, -0.2) is 11.5 Å². The van der Waals surface area contributed by atoms with Crippen molar-refractivity contribution in [3.8, 4) is 0 Å². The second-order valence-electron chi connectivity index (χ2n) is 18.7. The predicted molar refractivity (Wildman–Crippen MR) is 189 cm³/mol. The number of carbonyl (C=O) groups excluding carboxylic acids is 1. The number of fused-ring (bicyclic) bond motifs is 7. The number of rotatable bonds is 5. The zero-order valence-corrected chi connectivity index (χ0v) is 30.2. The molecular formula is C43H63NO2. The van der Waals surface area contributed by atoms with Crippen LogP contribution in [0.25, 0.3) is 0 Å². The Morgan fingerprint density at radius 1 is 0.870 bits per heavy atom. The van der Waals surface area contributed by atoms with Crippen molar-refractivity contribution in [2.75, 3.05) is 0 Å². The summed E-state index contributed by atoms with van der Waals surface area (Å²) in [5.74, 6) is 4.44. The Morgan fingerprint density at radius 2 is 1.63 bits per heavy atom. The standard InChI is InChI=1S/C43H63NO2/c1-28(2)32-19-24-43(44)26-25-41(6)34(37(32)43)17-18-36-40(5)22-20-33(39(3,4)35(40)21-23-42(36,41)7)30-13-15-31(16-14-30)38(45)46-27-29-11-9-8-10-12-29/h8-13,20,28,31-32,34-37H,14-19,21-27,44H2,1-7H3. The van der Waals surface area contributed by atoms with Gasteiger partial charge in [-0.25, -0.2) is 0 Å². The fourth-order valence-electron chi connectivity index (χ4n) is 13.8. The first kappa shape index (κ1) is 32.7. The highest BCUT2D eigenvalue weighted by molar-refractivity contribution is 5.73. The van der Waals surface area contributed by atoms with Crippen molar-refractivity contribution in [2.24, 2.45) is 68.8 Å². The Balaban J connectivity index is 1.10. The highest BCUT2D eigenvalue weighted by Crippen LogP contribution is 2.76. The molecule has 0 spiro atoms. The molecule has 4 fully saturated rings. The Hall–Kier alpha value is -1.87. The van der Waals surface area contributed by atoms with Gasteiger partial charge in [0.1, 0.15) is 6.61 Å². The maximum atomic E-state index is 13.0. The zero-order valence-electron chi connectivity index (χ0n) is 30.2. The lowest BCUT2D eigenvalue weighted by Crippen LogP contribution is -2.67. The number of hydrogen-bond acceptors (Lipinski definition) is 3. The van der Waals surface area contributed by atoms with Gasteiger partial charge in [-0.3, -0.25) is 4.79 Å². The van der Waals surface area contributed by atoms with E-state index in [0.717, 1.165) is 48.5 Å². The molecule has 2 N–H and O–H groups in total. The molecule has 46 heavy (non-hydrogen) atoms. The van der Waals surface area contributed by atoms with E-state index >= 15 is 0 Å². The summed E-state index contributed by atoms with van der Waals surface area (Å²) in [7, 11) is 0. The zero-order chi connectivity index (χ0) is 32.7. The highest BCUT2D eigenvalue weighted by Gasteiger charge is 2.70. The molecule has 10 atom stereocenters. The fourth-order valence-corrected chi connectivity index (χ4v) is 13.8. The molecule has 0 heterocycles. The van der Waals surface area contributed by atoms with Gasteiger partial charge in [-0.05, 0) is 151 Å². The third kappa shape index (κ3) is 4.78. The van der Waals surface area contributed by atoms with Crippen molar-refractivity contribution in [3.05, 3.63) is 59.2 Å². The molecule has 3 nitrogen and oxygen atoms in total. The molecule has 10 unspecified atom stereocenters. The van der Waals surface area contributed by atoms with Crippen molar-refractivity contribution >= 4 is 5.97 Å². The predicted octanol–water partition coefficient (Wildman–Crippen LogP) is 10.4. The molecule has 1 aromatic rings. The van der Waals surface area contributed by atoms with Crippen LogP contribution in [0.3, 0.4) is 0 Å². The van der Waals surface area contributed by atoms with E-state index in [1.807, 2.05) is 30.3 Å². The topological polar surface area (TPSA) is 52.3 Å². The lowest BCUT2D eigenvalue weighted by atomic mass is 9.33. The summed E-state index contributed by atoms with van der Waals surface area (Å²) in [6, 6.07) is 10.0. The minimum Gasteiger partial charge on any atom is -0.461 e. The second-order valence-corrected chi connectivity index (χ2v) is 18.7. The van der Waals surface area contributed by atoms with Crippen molar-refractivity contribution in [3.63, 3.8) is 0 Å². The van der Waals surface area contributed by atoms with Gasteiger partial charge in [0, 0.05) is 5.54 Å². The number of benzene rings is 1. The summed E-state index contributed by atoms with van der Waals surface area (Å²) in [4.78, 5) is 13.0. The largest absolute Gasteiger partial charge is 0.461 e. The first-order chi connectivity index (χ1) is 21.7. The van der Waals surface area contributed by atoms with Crippen LogP contribution in [0.2, 0.25) is 0 Å². The van der Waals surface area contributed by atoms with Gasteiger partial charge in [0.15, 0.2) is 0 Å². The monoisotopic (exact) mass is 625 g/mol. The van der Waals surface area contributed by atoms with Gasteiger partial charge in [0.2, 0.25) is 0 Å². The van der Waals surface area contributed by atoms with Gasteiger partial charge in [-0.1, -0.05) is 91.0 Å². The van der Waals surface area contributed by atoms with E-state index in [2.05, 4.69) is 60.6 Å². The van der Waals surface area contributed by atoms with Gasteiger partial charge in [0.05, 0.1) is 5.92 Å². The number of carbonyl (C=O) groups is 1. The van der Waals surface area contributed by atoms with Gasteiger partial charge in [-0.15, -0.1) is 0 Å². The van der Waals surface area contributed by atoms with E-state index in [1.165, 1.54) is 63.4 Å². The molecular weight excluding hydrogens is 562 g/mol. The van der Waals surface area contributed by atoms with Crippen LogP contribution in [0.5, 0.6) is 0 Å². The van der Waals surface area contributed by atoms with Crippen LogP contribution in [-0.2, 0) is 16.1 Å². The van der Waals surface area contributed by atoms with E-state index in [-0.39, 0.29) is 22.8 Å². The summed E-state index contributed by atoms with van der Waals surface area (Å²) in [6.07, 6.45) is 19.6. The molecule has 1 aromatic carbocycles. The average molecular weight is 626 g/mol. The minimum absolute atomic E-state index is 0.0192. The lowest BCUT2D eigenvalue weighted by Gasteiger charge is -2.72. The maximum Gasteiger partial charge on any atom is 0.309 e. The molecule has 6 aliphatic rings. The van der Waals surface area contributed by atoms with Gasteiger partial charge >= 0.3 is 5.97 Å². The Labute approximate surface area is 280 Å². The molecule has 252 valence electrons. The van der Waals surface area contributed by atoms with Crippen LogP contribution in [0.4, 0.5) is 0 Å². The lowest BCUT2D eigenvalue weighted by molar-refractivity contribution is -0.221. The molecule has 3 heteroatoms. The van der Waals surface area contributed by atoms with Crippen molar-refractivity contribution < 1.29 is 9.53 Å². The normalized spacial score (nSPS) is 44.6. The summed E-state index contributed by atoms with van der Waals surface area (Å²) in [5, 5.41) is 0. The average Bonchev–Trinajstić information content (AvgIpc) is 3.38. The molecule has 0 amide bonds. The van der Waals surface area contributed by atoms with E-state index < -0.39 is 0 Å². The molecule has 0 aromatic heterocycles. The number of nitrogens with two attached hydrogens (primary N) is 1. The van der Waals surface area contributed by atoms with Crippen LogP contribution in [0.1, 0.15) is 131 Å². The summed E-state index contributed by atoms with van der Waals surface area (Å²) in [5.41, 5.74) is 12.8. The first-order valence-corrected chi connectivity index (χ1v) is 19.1. The highest BCUT2D eigenvalue weighted by atomic mass is 16.5. The molecule has 0 aliphatic heterocycles. The quantitative estimate of drug-likeness (QED) is 0.331. The third-order valence-corrected chi connectivity index (χ3v) is 16.3. The SMILES string of the molecule is CC(C)C1CCC2(N)CCC3(C)C(CCC4C5(C)CC=C(C6=CCC(C(=O)OCc7ccccc7)CC6)C(C)(C)C5CCC43C)C12. The van der Waals surface area contributed by atoms with Crippen molar-refractivity contribution in [1.82, 2.24) is 0 Å². The number of esters is 1. The summed E-state index contributed by atoms with van der Waals surface area (Å²) in [6.45, 7) is 18.6. The van der Waals surface area contributed by atoms with Gasteiger partial charge in [0.25, 0.3) is 0 Å². The van der Waals surface area contributed by atoms with E-state index in [4.69, 9.17) is 10.5 Å². The van der Waals surface area contributed by atoms with Crippen LogP contribution in [0.15, 0.2) is 53.6 Å². The smallest absolute Gasteiger partial charge is 0.309 e. The van der Waals surface area contributed by atoms with Crippen LogP contribution in [0, 0.1) is 63.1 Å². The van der Waals surface area contributed by atoms with Crippen LogP contribution < -0.4 is 5.73 Å². The molecule has 0 saturated heterocycles. The number of allylic oxidation sites excluding steroid dienone is 4. The molecule has 6 aliphatic carbocycles. The molecule has 0 radical (unpaired) electrons. The molecule has 4 saturated carbocycles. The Bertz CT molecular complexity index is 1390. The van der Waals surface area contributed by atoms with E-state index in [0.29, 0.717) is 34.7 Å². The first-order valence-electron chi connectivity index (χ1n) is 19.1. The molecule has 7 rings (SSSR count). The number of hydrogen-bond donors (Lipinski definition) is 1. The maximum absolute atomic E-state index is 13.0. The number of ether oxygens (including phenoxy) is 1. The molecule has 0 bridgehead atoms. The fraction of sp³-hybridized carbons (Fsp3) is 0.744. The third-order valence-electron chi connectivity index (χ3n) is 16.3. The summed E-state index contributed by atoms with van der Waals surface area (Å²) >= 11 is 0. The van der Waals surface area contributed by atoms with Crippen molar-refractivity contribution in [1.29, 1.82) is 0 Å².